The first-order valence-corrected chi connectivity index (χ1v) is 6.84. The van der Waals surface area contributed by atoms with E-state index in [2.05, 4.69) is 17.9 Å². The number of carbonyl (C=O) groups excluding carboxylic acids is 2. The Kier molecular flexibility index (Phi) is 4.73. The Morgan fingerprint density at radius 3 is 2.45 bits per heavy atom. The van der Waals surface area contributed by atoms with Crippen LogP contribution in [0.4, 0.5) is 0 Å². The summed E-state index contributed by atoms with van der Waals surface area (Å²) in [4.78, 5) is 24.1. The van der Waals surface area contributed by atoms with Crippen molar-refractivity contribution in [2.45, 2.75) is 5.92 Å². The second kappa shape index (κ2) is 6.54. The second-order valence-corrected chi connectivity index (χ2v) is 5.06. The van der Waals surface area contributed by atoms with Gasteiger partial charge in [0.05, 0.1) is 30.9 Å². The van der Waals surface area contributed by atoms with Crippen LogP contribution in [0.3, 0.4) is 0 Å². The Labute approximate surface area is 133 Å². The van der Waals surface area contributed by atoms with Crippen molar-refractivity contribution < 1.29 is 19.1 Å². The number of amides is 1. The fraction of sp³-hybridized carbons (Fsp3) is 0.267. The number of carbonyl (C=O) groups is 2. The molecule has 1 aromatic rings. The van der Waals surface area contributed by atoms with Gasteiger partial charge in [0.1, 0.15) is 11.7 Å². The van der Waals surface area contributed by atoms with Gasteiger partial charge in [0, 0.05) is 5.92 Å². The van der Waals surface area contributed by atoms with Gasteiger partial charge in [-0.1, -0.05) is 12.1 Å². The fourth-order valence-corrected chi connectivity index (χ4v) is 2.69. The first-order chi connectivity index (χ1) is 10.5. The standard InChI is InChI=1S/C15H14N2O4S/c1-20-9-5-3-8(4-6-9)11-10(7-16)14(22)17-13(18)12(11)15(19)21-2/h3-6,11-12,22H,1-2H3,(H,17,18)/t11-,12+/m0/s1. The van der Waals surface area contributed by atoms with Crippen molar-refractivity contribution in [3.63, 3.8) is 0 Å². The van der Waals surface area contributed by atoms with Crippen LogP contribution in [0.25, 0.3) is 0 Å². The van der Waals surface area contributed by atoms with Gasteiger partial charge in [-0.05, 0) is 17.7 Å². The van der Waals surface area contributed by atoms with E-state index in [1.165, 1.54) is 14.2 Å². The maximum absolute atomic E-state index is 12.1. The molecule has 0 spiro atoms. The highest BCUT2D eigenvalue weighted by atomic mass is 32.1. The zero-order chi connectivity index (χ0) is 16.3. The van der Waals surface area contributed by atoms with Crippen LogP contribution in [0.1, 0.15) is 11.5 Å². The number of ether oxygens (including phenoxy) is 2. The number of nitriles is 1. The lowest BCUT2D eigenvalue weighted by atomic mass is 9.78. The van der Waals surface area contributed by atoms with Gasteiger partial charge in [0.2, 0.25) is 5.91 Å². The van der Waals surface area contributed by atoms with E-state index in [1.807, 2.05) is 6.07 Å². The van der Waals surface area contributed by atoms with Crippen LogP contribution in [0.2, 0.25) is 0 Å². The predicted molar refractivity (Wildman–Crippen MR) is 81.0 cm³/mol. The van der Waals surface area contributed by atoms with Crippen molar-refractivity contribution in [1.29, 1.82) is 5.26 Å². The predicted octanol–water partition coefficient (Wildman–Crippen LogP) is 1.36. The number of hydrogen-bond acceptors (Lipinski definition) is 6. The number of nitrogens with zero attached hydrogens (tertiary/aromatic N) is 1. The number of benzene rings is 1. The Bertz CT molecular complexity index is 676. The van der Waals surface area contributed by atoms with E-state index < -0.39 is 23.7 Å². The Morgan fingerprint density at radius 2 is 1.95 bits per heavy atom. The molecule has 0 radical (unpaired) electrons. The van der Waals surface area contributed by atoms with Gasteiger partial charge in [-0.2, -0.15) is 5.26 Å². The fourth-order valence-electron chi connectivity index (χ4n) is 2.39. The summed E-state index contributed by atoms with van der Waals surface area (Å²) in [7, 11) is 2.74. The molecular formula is C15H14N2O4S. The van der Waals surface area contributed by atoms with E-state index in [0.717, 1.165) is 0 Å². The Morgan fingerprint density at radius 1 is 1.32 bits per heavy atom. The summed E-state index contributed by atoms with van der Waals surface area (Å²) in [5.41, 5.74) is 0.845. The highest BCUT2D eigenvalue weighted by Gasteiger charge is 2.43. The highest BCUT2D eigenvalue weighted by molar-refractivity contribution is 7.84. The maximum Gasteiger partial charge on any atom is 0.319 e. The van der Waals surface area contributed by atoms with Crippen LogP contribution in [0.5, 0.6) is 5.75 Å². The molecule has 6 nitrogen and oxygen atoms in total. The molecule has 22 heavy (non-hydrogen) atoms. The monoisotopic (exact) mass is 318 g/mol. The third-order valence-corrected chi connectivity index (χ3v) is 3.83. The summed E-state index contributed by atoms with van der Waals surface area (Å²) in [5.74, 6) is -2.50. The molecule has 0 saturated heterocycles. The average molecular weight is 318 g/mol. The second-order valence-electron chi connectivity index (χ2n) is 4.61. The summed E-state index contributed by atoms with van der Waals surface area (Å²) in [6.07, 6.45) is 0. The van der Waals surface area contributed by atoms with Crippen molar-refractivity contribution in [3.05, 3.63) is 40.4 Å². The normalized spacial score (nSPS) is 20.9. The molecule has 1 amide bonds. The summed E-state index contributed by atoms with van der Waals surface area (Å²) in [6.45, 7) is 0. The molecule has 7 heteroatoms. The first kappa shape index (κ1) is 15.9. The smallest absolute Gasteiger partial charge is 0.319 e. The molecule has 0 bridgehead atoms. The number of methoxy groups -OCH3 is 2. The third kappa shape index (κ3) is 2.78. The van der Waals surface area contributed by atoms with Crippen LogP contribution in [-0.4, -0.2) is 26.1 Å². The zero-order valence-corrected chi connectivity index (χ0v) is 12.9. The molecule has 1 heterocycles. The molecule has 0 unspecified atom stereocenters. The van der Waals surface area contributed by atoms with E-state index in [4.69, 9.17) is 9.47 Å². The van der Waals surface area contributed by atoms with Gasteiger partial charge in [-0.15, -0.1) is 12.6 Å². The lowest BCUT2D eigenvalue weighted by Gasteiger charge is -2.29. The number of allylic oxidation sites excluding steroid dienone is 1. The van der Waals surface area contributed by atoms with Crippen molar-refractivity contribution >= 4 is 24.5 Å². The van der Waals surface area contributed by atoms with Gasteiger partial charge in [-0.3, -0.25) is 9.59 Å². The quantitative estimate of drug-likeness (QED) is 0.499. The SMILES string of the molecule is COC(=O)[C@H]1C(=O)NC(S)=C(C#N)[C@@H]1c1ccc(OC)cc1. The number of rotatable bonds is 3. The highest BCUT2D eigenvalue weighted by Crippen LogP contribution is 2.38. The number of hydrogen-bond donors (Lipinski definition) is 2. The van der Waals surface area contributed by atoms with Crippen molar-refractivity contribution in [1.82, 2.24) is 5.32 Å². The Hall–Kier alpha value is -2.46. The Balaban J connectivity index is 2.56. The van der Waals surface area contributed by atoms with Crippen molar-refractivity contribution in [2.75, 3.05) is 14.2 Å². The molecule has 0 saturated carbocycles. The number of nitrogens with one attached hydrogen (secondary N) is 1. The number of esters is 1. The number of thiol groups is 1. The minimum Gasteiger partial charge on any atom is -0.497 e. The van der Waals surface area contributed by atoms with Crippen LogP contribution < -0.4 is 10.1 Å². The molecule has 114 valence electrons. The molecule has 1 aliphatic rings. The minimum atomic E-state index is -1.14. The molecule has 0 aromatic heterocycles. The molecule has 1 aliphatic heterocycles. The van der Waals surface area contributed by atoms with Crippen molar-refractivity contribution in [2.24, 2.45) is 5.92 Å². The average Bonchev–Trinajstić information content (AvgIpc) is 2.53. The summed E-state index contributed by atoms with van der Waals surface area (Å²) in [6, 6.07) is 8.82. The summed E-state index contributed by atoms with van der Waals surface area (Å²) < 4.78 is 9.79. The summed E-state index contributed by atoms with van der Waals surface area (Å²) >= 11 is 4.13. The molecule has 0 fully saturated rings. The van der Waals surface area contributed by atoms with E-state index in [-0.39, 0.29) is 10.6 Å². The van der Waals surface area contributed by atoms with Crippen molar-refractivity contribution in [3.8, 4) is 11.8 Å². The maximum atomic E-state index is 12.1. The van der Waals surface area contributed by atoms with E-state index in [0.29, 0.717) is 11.3 Å². The van der Waals surface area contributed by atoms with Crippen LogP contribution >= 0.6 is 12.6 Å². The lowest BCUT2D eigenvalue weighted by Crippen LogP contribution is -2.43. The molecular weight excluding hydrogens is 304 g/mol. The zero-order valence-electron chi connectivity index (χ0n) is 12.0. The molecule has 2 atom stereocenters. The summed E-state index contributed by atoms with van der Waals surface area (Å²) in [5, 5.41) is 11.9. The van der Waals surface area contributed by atoms with E-state index in [1.54, 1.807) is 24.3 Å². The topological polar surface area (TPSA) is 88.4 Å². The third-order valence-electron chi connectivity index (χ3n) is 3.47. The molecule has 0 aliphatic carbocycles. The van der Waals surface area contributed by atoms with Gasteiger partial charge >= 0.3 is 5.97 Å². The molecule has 1 aromatic carbocycles. The lowest BCUT2D eigenvalue weighted by molar-refractivity contribution is -0.150. The van der Waals surface area contributed by atoms with Gasteiger partial charge in [-0.25, -0.2) is 0 Å². The van der Waals surface area contributed by atoms with Crippen LogP contribution in [0.15, 0.2) is 34.9 Å². The first-order valence-electron chi connectivity index (χ1n) is 6.39. The van der Waals surface area contributed by atoms with Crippen LogP contribution in [-0.2, 0) is 14.3 Å². The van der Waals surface area contributed by atoms with Crippen LogP contribution in [0, 0.1) is 17.2 Å². The molecule has 1 N–H and O–H groups in total. The van der Waals surface area contributed by atoms with Gasteiger partial charge in [0.15, 0.2) is 0 Å². The van der Waals surface area contributed by atoms with Gasteiger partial charge < -0.3 is 14.8 Å². The molecule has 2 rings (SSSR count). The van der Waals surface area contributed by atoms with Gasteiger partial charge in [0.25, 0.3) is 0 Å². The van der Waals surface area contributed by atoms with E-state index in [9.17, 15) is 14.9 Å². The van der Waals surface area contributed by atoms with E-state index >= 15 is 0 Å². The largest absolute Gasteiger partial charge is 0.497 e. The minimum absolute atomic E-state index is 0.147.